The van der Waals surface area contributed by atoms with Gasteiger partial charge in [0.05, 0.1) is 10.0 Å². The van der Waals surface area contributed by atoms with Gasteiger partial charge in [0.15, 0.2) is 0 Å². The zero-order valence-electron chi connectivity index (χ0n) is 33.0. The van der Waals surface area contributed by atoms with Crippen molar-refractivity contribution in [1.82, 2.24) is 0 Å². The summed E-state index contributed by atoms with van der Waals surface area (Å²) in [5.74, 6) is 2.64. The molecule has 0 aromatic heterocycles. The minimum atomic E-state index is -1.33. The van der Waals surface area contributed by atoms with E-state index in [0.29, 0.717) is 39.9 Å². The summed E-state index contributed by atoms with van der Waals surface area (Å²) in [5.41, 5.74) is 1.58. The Bertz CT molecular complexity index is 1670. The van der Waals surface area contributed by atoms with E-state index < -0.39 is 23.4 Å². The first-order chi connectivity index (χ1) is 25.0. The second-order valence-corrected chi connectivity index (χ2v) is 19.2. The van der Waals surface area contributed by atoms with Gasteiger partial charge in [0.2, 0.25) is 0 Å². The number of rotatable bonds is 12. The maximum atomic E-state index is 12.0. The Kier molecular flexibility index (Phi) is 14.2. The molecule has 0 amide bonds. The van der Waals surface area contributed by atoms with Gasteiger partial charge < -0.3 is 20.4 Å². The summed E-state index contributed by atoms with van der Waals surface area (Å²) in [7, 11) is 0. The molecule has 9 atom stereocenters. The SMILES string of the molecule is CC(C)CCCC(C)C1CCC2C3CCC4CC(CCC=C(c5cc(Cl)c(O)c(C(=O)O)c5)c5cc(Cl)c(O)c(C(=O)O)c5)CCC4(C)C3CCC12C.[Ca]. The minimum absolute atomic E-state index is 0. The van der Waals surface area contributed by atoms with E-state index >= 15 is 0 Å². The van der Waals surface area contributed by atoms with Crippen LogP contribution in [0.1, 0.15) is 156 Å². The monoisotopic (exact) mass is 806 g/mol. The summed E-state index contributed by atoms with van der Waals surface area (Å²) in [6.45, 7) is 12.6. The quantitative estimate of drug-likeness (QED) is 0.159. The Morgan fingerprint density at radius 2 is 1.37 bits per heavy atom. The van der Waals surface area contributed by atoms with Crippen molar-refractivity contribution in [1.29, 1.82) is 0 Å². The summed E-state index contributed by atoms with van der Waals surface area (Å²) in [6, 6.07) is 5.65. The molecule has 4 aliphatic carbocycles. The molecule has 0 saturated heterocycles. The largest absolute Gasteiger partial charge is 0.505 e. The van der Waals surface area contributed by atoms with Crippen molar-refractivity contribution in [3.05, 3.63) is 62.6 Å². The van der Waals surface area contributed by atoms with Crippen LogP contribution in [-0.2, 0) is 0 Å². The molecule has 6 nitrogen and oxygen atoms in total. The molecule has 0 spiro atoms. The van der Waals surface area contributed by atoms with E-state index in [2.05, 4.69) is 34.6 Å². The van der Waals surface area contributed by atoms with E-state index in [0.717, 1.165) is 47.8 Å². The summed E-state index contributed by atoms with van der Waals surface area (Å²) >= 11 is 12.6. The van der Waals surface area contributed by atoms with Crippen LogP contribution in [0, 0.1) is 58.2 Å². The number of allylic oxidation sites excluding steroid dienone is 1. The molecular formula is C45H60CaCl2O6. The van der Waals surface area contributed by atoms with Crippen LogP contribution < -0.4 is 0 Å². The number of carboxylic acids is 2. The number of phenols is 2. The summed E-state index contributed by atoms with van der Waals surface area (Å²) in [4.78, 5) is 23.9. The summed E-state index contributed by atoms with van der Waals surface area (Å²) < 4.78 is 0. The first-order valence-electron chi connectivity index (χ1n) is 20.3. The third-order valence-corrected chi connectivity index (χ3v) is 15.7. The molecular weight excluding hydrogens is 747 g/mol. The standard InChI is InChI=1S/C45H60Cl2O6.Ca/c1-25(2)8-6-9-26(3)35-14-15-36-32-13-12-30-20-27(16-18-44(30,4)37(32)17-19-45(35,36)5)10-7-11-31(28-21-33(42(50)51)40(48)38(46)23-28)29-22-34(43(52)53)41(49)39(47)24-29;/h11,21-27,30,32,35-37,48-49H,6-10,12-20H2,1-5H3,(H,50,51)(H,52,53);. The second kappa shape index (κ2) is 17.6. The van der Waals surface area contributed by atoms with Crippen molar-refractivity contribution < 1.29 is 30.0 Å². The predicted octanol–water partition coefficient (Wildman–Crippen LogP) is 12.4. The van der Waals surface area contributed by atoms with Crippen molar-refractivity contribution in [3.8, 4) is 11.5 Å². The Balaban J connectivity index is 0.00000561. The number of fused-ring (bicyclic) bond motifs is 5. The molecule has 9 heteroatoms. The van der Waals surface area contributed by atoms with Gasteiger partial charge in [0.1, 0.15) is 22.6 Å². The van der Waals surface area contributed by atoms with Crippen LogP contribution in [0.15, 0.2) is 30.3 Å². The Labute approximate surface area is 362 Å². The maximum Gasteiger partial charge on any atom is 0.339 e. The first-order valence-corrected chi connectivity index (χ1v) is 21.0. The average molecular weight is 808 g/mol. The molecule has 2 aromatic rings. The van der Waals surface area contributed by atoms with E-state index in [1.165, 1.54) is 101 Å². The fourth-order valence-electron chi connectivity index (χ4n) is 12.3. The van der Waals surface area contributed by atoms with Gasteiger partial charge in [-0.1, -0.05) is 83.2 Å². The topological polar surface area (TPSA) is 115 Å². The number of hydrogen-bond donors (Lipinski definition) is 4. The molecule has 4 saturated carbocycles. The zero-order valence-corrected chi connectivity index (χ0v) is 36.7. The first kappa shape index (κ1) is 43.7. The second-order valence-electron chi connectivity index (χ2n) is 18.3. The van der Waals surface area contributed by atoms with Crippen molar-refractivity contribution in [3.63, 3.8) is 0 Å². The van der Waals surface area contributed by atoms with E-state index in [1.807, 2.05) is 6.08 Å². The van der Waals surface area contributed by atoms with Crippen LogP contribution in [0.4, 0.5) is 0 Å². The van der Waals surface area contributed by atoms with Gasteiger partial charge in [-0.05, 0) is 170 Å². The normalized spacial score (nSPS) is 30.7. The number of halogens is 2. The number of carboxylic acid groups (broad SMARTS) is 2. The predicted molar refractivity (Wildman–Crippen MR) is 219 cm³/mol. The van der Waals surface area contributed by atoms with Gasteiger partial charge in [-0.3, -0.25) is 0 Å². The van der Waals surface area contributed by atoms with E-state index in [-0.39, 0.29) is 58.9 Å². The fourth-order valence-corrected chi connectivity index (χ4v) is 12.8. The molecule has 0 bridgehead atoms. The van der Waals surface area contributed by atoms with Crippen LogP contribution in [-0.4, -0.2) is 70.1 Å². The van der Waals surface area contributed by atoms with Crippen molar-refractivity contribution in [2.75, 3.05) is 0 Å². The smallest absolute Gasteiger partial charge is 0.339 e. The van der Waals surface area contributed by atoms with Crippen molar-refractivity contribution >= 4 is 78.5 Å². The van der Waals surface area contributed by atoms with E-state index in [4.69, 9.17) is 23.2 Å². The van der Waals surface area contributed by atoms with Crippen molar-refractivity contribution in [2.45, 2.75) is 125 Å². The van der Waals surface area contributed by atoms with Gasteiger partial charge in [-0.15, -0.1) is 0 Å². The summed E-state index contributed by atoms with van der Waals surface area (Å²) in [6.07, 6.45) is 19.8. The Morgan fingerprint density at radius 1 is 0.796 bits per heavy atom. The van der Waals surface area contributed by atoms with E-state index in [9.17, 15) is 30.0 Å². The van der Waals surface area contributed by atoms with Gasteiger partial charge in [-0.2, -0.15) is 0 Å². The minimum Gasteiger partial charge on any atom is -0.505 e. The van der Waals surface area contributed by atoms with Crippen LogP contribution >= 0.6 is 23.2 Å². The molecule has 2 aromatic carbocycles. The van der Waals surface area contributed by atoms with Crippen LogP contribution in [0.3, 0.4) is 0 Å². The van der Waals surface area contributed by atoms with Crippen molar-refractivity contribution in [2.24, 2.45) is 58.2 Å². The molecule has 6 rings (SSSR count). The van der Waals surface area contributed by atoms with Gasteiger partial charge >= 0.3 is 11.9 Å². The maximum absolute atomic E-state index is 12.0. The summed E-state index contributed by atoms with van der Waals surface area (Å²) in [5, 5.41) is 40.0. The molecule has 54 heavy (non-hydrogen) atoms. The molecule has 9 unspecified atom stereocenters. The average Bonchev–Trinajstić information content (AvgIpc) is 3.46. The van der Waals surface area contributed by atoms with Gasteiger partial charge in [-0.25, -0.2) is 9.59 Å². The van der Waals surface area contributed by atoms with Gasteiger partial charge in [0, 0.05) is 37.7 Å². The van der Waals surface area contributed by atoms with Crippen LogP contribution in [0.25, 0.3) is 5.57 Å². The number of hydrogen-bond acceptors (Lipinski definition) is 4. The van der Waals surface area contributed by atoms with Crippen LogP contribution in [0.2, 0.25) is 10.0 Å². The van der Waals surface area contributed by atoms with Gasteiger partial charge in [0.25, 0.3) is 0 Å². The molecule has 292 valence electrons. The fraction of sp³-hybridized carbons (Fsp3) is 0.644. The van der Waals surface area contributed by atoms with Crippen LogP contribution in [0.5, 0.6) is 11.5 Å². The third-order valence-electron chi connectivity index (χ3n) is 15.1. The molecule has 4 fully saturated rings. The number of carbonyl (C=O) groups is 2. The molecule has 0 heterocycles. The van der Waals surface area contributed by atoms with E-state index in [1.54, 1.807) is 0 Å². The Morgan fingerprint density at radius 3 is 1.94 bits per heavy atom. The molecule has 4 N–H and O–H groups in total. The molecule has 0 aliphatic heterocycles. The Hall–Kier alpha value is -1.44. The number of aromatic carboxylic acids is 2. The number of benzene rings is 2. The number of aromatic hydroxyl groups is 2. The third kappa shape index (κ3) is 8.54. The molecule has 2 radical (unpaired) electrons. The molecule has 4 aliphatic rings. The zero-order chi connectivity index (χ0) is 38.4.